The zero-order valence-corrected chi connectivity index (χ0v) is 15.9. The molecule has 0 saturated heterocycles. The van der Waals surface area contributed by atoms with Crippen molar-refractivity contribution in [3.8, 4) is 0 Å². The van der Waals surface area contributed by atoms with Gasteiger partial charge in [0.1, 0.15) is 0 Å². The number of ether oxygens (including phenoxy) is 2. The first-order valence-corrected chi connectivity index (χ1v) is 9.03. The molecular formula is C20H24N2O5. The molecule has 0 aromatic heterocycles. The Morgan fingerprint density at radius 3 is 2.44 bits per heavy atom. The zero-order valence-electron chi connectivity index (χ0n) is 15.9. The van der Waals surface area contributed by atoms with Gasteiger partial charge in [-0.2, -0.15) is 0 Å². The molecule has 1 fully saturated rings. The van der Waals surface area contributed by atoms with E-state index < -0.39 is 18.0 Å². The Morgan fingerprint density at radius 1 is 1.19 bits per heavy atom. The summed E-state index contributed by atoms with van der Waals surface area (Å²) in [5.41, 5.74) is 1.71. The molecule has 1 aliphatic carbocycles. The van der Waals surface area contributed by atoms with Gasteiger partial charge in [0, 0.05) is 11.7 Å². The van der Waals surface area contributed by atoms with Crippen molar-refractivity contribution in [2.75, 3.05) is 7.11 Å². The van der Waals surface area contributed by atoms with Gasteiger partial charge in [0.25, 0.3) is 0 Å². The summed E-state index contributed by atoms with van der Waals surface area (Å²) in [5, 5.41) is 2.88. The number of nitrogens with one attached hydrogen (secondary N) is 1. The Hall–Kier alpha value is -2.83. The molecule has 1 saturated carbocycles. The van der Waals surface area contributed by atoms with Crippen molar-refractivity contribution in [1.29, 1.82) is 0 Å². The minimum absolute atomic E-state index is 0.101. The van der Waals surface area contributed by atoms with Crippen LogP contribution in [0, 0.1) is 0 Å². The summed E-state index contributed by atoms with van der Waals surface area (Å²) >= 11 is 0. The number of urea groups is 1. The third-order valence-corrected chi connectivity index (χ3v) is 4.68. The molecular weight excluding hydrogens is 348 g/mol. The maximum Gasteiger partial charge on any atom is 0.338 e. The van der Waals surface area contributed by atoms with Gasteiger partial charge in [0.15, 0.2) is 0 Å². The van der Waals surface area contributed by atoms with Crippen molar-refractivity contribution in [1.82, 2.24) is 10.2 Å². The first-order chi connectivity index (χ1) is 12.8. The molecule has 1 aromatic rings. The van der Waals surface area contributed by atoms with E-state index in [1.54, 1.807) is 49.9 Å². The number of methoxy groups -OCH3 is 1. The molecule has 3 rings (SSSR count). The van der Waals surface area contributed by atoms with Gasteiger partial charge in [0.2, 0.25) is 0 Å². The lowest BCUT2D eigenvalue weighted by molar-refractivity contribution is -0.143. The van der Waals surface area contributed by atoms with Crippen LogP contribution in [0.5, 0.6) is 0 Å². The zero-order chi connectivity index (χ0) is 19.7. The van der Waals surface area contributed by atoms with Gasteiger partial charge in [-0.05, 0) is 45.2 Å². The number of carbonyl (C=O) groups is 3. The molecule has 1 heterocycles. The number of amides is 2. The van der Waals surface area contributed by atoms with Gasteiger partial charge in [0.05, 0.1) is 30.4 Å². The van der Waals surface area contributed by atoms with Crippen molar-refractivity contribution in [2.24, 2.45) is 0 Å². The van der Waals surface area contributed by atoms with E-state index in [0.717, 1.165) is 12.8 Å². The number of benzene rings is 1. The van der Waals surface area contributed by atoms with Crippen LogP contribution in [-0.2, 0) is 14.3 Å². The lowest BCUT2D eigenvalue weighted by atomic mass is 9.91. The van der Waals surface area contributed by atoms with E-state index in [1.807, 2.05) is 0 Å². The fraction of sp³-hybridized carbons (Fsp3) is 0.450. The normalized spacial score (nSPS) is 19.8. The van der Waals surface area contributed by atoms with E-state index >= 15 is 0 Å². The standard InChI is InChI=1S/C20H24N2O5/c1-11(2)27-19(24)16-12(3)22(13-9-10-13)20(25)21-17(16)14-7-5-6-8-15(14)18(23)26-4/h5-8,11,13,17H,9-10H2,1-4H3,(H,21,25)/t17-/m0/s1. The first kappa shape index (κ1) is 18.9. The molecule has 0 unspecified atom stereocenters. The molecule has 0 radical (unpaired) electrons. The van der Waals surface area contributed by atoms with E-state index in [1.165, 1.54) is 7.11 Å². The van der Waals surface area contributed by atoms with E-state index in [4.69, 9.17) is 9.47 Å². The van der Waals surface area contributed by atoms with E-state index in [0.29, 0.717) is 22.4 Å². The number of nitrogens with zero attached hydrogens (tertiary/aromatic N) is 1. The highest BCUT2D eigenvalue weighted by atomic mass is 16.5. The van der Waals surface area contributed by atoms with Gasteiger partial charge >= 0.3 is 18.0 Å². The van der Waals surface area contributed by atoms with Gasteiger partial charge in [-0.3, -0.25) is 4.90 Å². The minimum atomic E-state index is -0.783. The van der Waals surface area contributed by atoms with Crippen molar-refractivity contribution < 1.29 is 23.9 Å². The van der Waals surface area contributed by atoms with Crippen LogP contribution in [-0.4, -0.2) is 42.1 Å². The number of carbonyl (C=O) groups excluding carboxylic acids is 3. The Bertz CT molecular complexity index is 810. The van der Waals surface area contributed by atoms with Gasteiger partial charge in [-0.1, -0.05) is 18.2 Å². The maximum atomic E-state index is 12.9. The molecule has 1 aromatic carbocycles. The molecule has 1 atom stereocenters. The van der Waals surface area contributed by atoms with Crippen molar-refractivity contribution in [2.45, 2.75) is 51.8 Å². The fourth-order valence-electron chi connectivity index (χ4n) is 3.35. The van der Waals surface area contributed by atoms with Crippen LogP contribution in [0.1, 0.15) is 55.6 Å². The average molecular weight is 372 g/mol. The summed E-state index contributed by atoms with van der Waals surface area (Å²) in [5.74, 6) is -1.03. The van der Waals surface area contributed by atoms with Crippen LogP contribution in [0.4, 0.5) is 4.79 Å². The Kier molecular flexibility index (Phi) is 5.21. The molecule has 2 aliphatic rings. The summed E-state index contributed by atoms with van der Waals surface area (Å²) in [6.45, 7) is 5.29. The molecule has 1 N–H and O–H groups in total. The van der Waals surface area contributed by atoms with Crippen molar-refractivity contribution in [3.05, 3.63) is 46.7 Å². The van der Waals surface area contributed by atoms with Crippen LogP contribution in [0.2, 0.25) is 0 Å². The third-order valence-electron chi connectivity index (χ3n) is 4.68. The van der Waals surface area contributed by atoms with Gasteiger partial charge < -0.3 is 14.8 Å². The van der Waals surface area contributed by atoms with E-state index in [-0.39, 0.29) is 18.2 Å². The molecule has 2 amide bonds. The monoisotopic (exact) mass is 372 g/mol. The van der Waals surface area contributed by atoms with Crippen LogP contribution < -0.4 is 5.32 Å². The minimum Gasteiger partial charge on any atom is -0.465 e. The second-order valence-corrected chi connectivity index (χ2v) is 7.02. The molecule has 27 heavy (non-hydrogen) atoms. The second kappa shape index (κ2) is 7.42. The average Bonchev–Trinajstić information content (AvgIpc) is 3.44. The number of esters is 2. The fourth-order valence-corrected chi connectivity index (χ4v) is 3.35. The molecule has 0 bridgehead atoms. The Morgan fingerprint density at radius 2 is 1.85 bits per heavy atom. The first-order valence-electron chi connectivity index (χ1n) is 9.03. The Labute approximate surface area is 158 Å². The highest BCUT2D eigenvalue weighted by Gasteiger charge is 2.43. The quantitative estimate of drug-likeness (QED) is 0.804. The summed E-state index contributed by atoms with van der Waals surface area (Å²) < 4.78 is 10.3. The largest absolute Gasteiger partial charge is 0.465 e. The maximum absolute atomic E-state index is 12.9. The van der Waals surface area contributed by atoms with E-state index in [2.05, 4.69) is 5.32 Å². The predicted molar refractivity (Wildman–Crippen MR) is 97.8 cm³/mol. The summed E-state index contributed by atoms with van der Waals surface area (Å²) in [4.78, 5) is 39.4. The third kappa shape index (κ3) is 3.67. The molecule has 1 aliphatic heterocycles. The highest BCUT2D eigenvalue weighted by molar-refractivity contribution is 5.97. The lowest BCUT2D eigenvalue weighted by Gasteiger charge is -2.36. The molecule has 7 nitrogen and oxygen atoms in total. The molecule has 0 spiro atoms. The summed E-state index contributed by atoms with van der Waals surface area (Å²) in [6.07, 6.45) is 1.50. The predicted octanol–water partition coefficient (Wildman–Crippen LogP) is 2.93. The van der Waals surface area contributed by atoms with Crippen LogP contribution >= 0.6 is 0 Å². The SMILES string of the molecule is COC(=O)c1ccccc1[C@@H]1NC(=O)N(C2CC2)C(C)=C1C(=O)OC(C)C. The number of allylic oxidation sites excluding steroid dienone is 1. The number of rotatable bonds is 5. The lowest BCUT2D eigenvalue weighted by Crippen LogP contribution is -2.49. The van der Waals surface area contributed by atoms with Crippen molar-refractivity contribution in [3.63, 3.8) is 0 Å². The topological polar surface area (TPSA) is 84.9 Å². The smallest absolute Gasteiger partial charge is 0.338 e. The number of hydrogen-bond acceptors (Lipinski definition) is 5. The molecule has 144 valence electrons. The summed E-state index contributed by atoms with van der Waals surface area (Å²) in [6, 6.07) is 5.82. The molecule has 7 heteroatoms. The van der Waals surface area contributed by atoms with E-state index in [9.17, 15) is 14.4 Å². The highest BCUT2D eigenvalue weighted by Crippen LogP contribution is 2.38. The van der Waals surface area contributed by atoms with Gasteiger partial charge in [-0.25, -0.2) is 14.4 Å². The second-order valence-electron chi connectivity index (χ2n) is 7.02. The van der Waals surface area contributed by atoms with Crippen molar-refractivity contribution >= 4 is 18.0 Å². The summed E-state index contributed by atoms with van der Waals surface area (Å²) in [7, 11) is 1.29. The van der Waals surface area contributed by atoms with Gasteiger partial charge in [-0.15, -0.1) is 0 Å². The number of hydrogen-bond donors (Lipinski definition) is 1. The van der Waals surface area contributed by atoms with Crippen LogP contribution in [0.15, 0.2) is 35.5 Å². The van der Waals surface area contributed by atoms with Crippen LogP contribution in [0.3, 0.4) is 0 Å². The van der Waals surface area contributed by atoms with Crippen LogP contribution in [0.25, 0.3) is 0 Å². The Balaban J connectivity index is 2.12.